The van der Waals surface area contributed by atoms with Gasteiger partial charge in [-0.05, 0) is 44.9 Å². The summed E-state index contributed by atoms with van der Waals surface area (Å²) in [6.07, 6.45) is 5.24. The number of likely N-dealkylation sites (N-methyl/N-ethyl adjacent to an activating group) is 1. The molecule has 2 amide bonds. The van der Waals surface area contributed by atoms with Crippen LogP contribution in [0.5, 0.6) is 0 Å². The monoisotopic (exact) mass is 387 g/mol. The third kappa shape index (κ3) is 4.63. The predicted octanol–water partition coefficient (Wildman–Crippen LogP) is 2.20. The Morgan fingerprint density at radius 2 is 1.86 bits per heavy atom. The van der Waals surface area contributed by atoms with E-state index in [4.69, 9.17) is 0 Å². The van der Waals surface area contributed by atoms with E-state index in [-0.39, 0.29) is 23.8 Å². The molecule has 3 heterocycles. The average molecular weight is 388 g/mol. The summed E-state index contributed by atoms with van der Waals surface area (Å²) in [5.74, 6) is 1.11. The van der Waals surface area contributed by atoms with Crippen molar-refractivity contribution in [2.45, 2.75) is 45.6 Å². The Balaban J connectivity index is 1.64. The van der Waals surface area contributed by atoms with E-state index in [1.54, 1.807) is 6.20 Å². The molecule has 3 rings (SSSR count). The van der Waals surface area contributed by atoms with Crippen molar-refractivity contribution in [1.29, 1.82) is 0 Å². The Bertz CT molecular complexity index is 666. The molecule has 28 heavy (non-hydrogen) atoms. The van der Waals surface area contributed by atoms with Gasteiger partial charge >= 0.3 is 0 Å². The Labute approximate surface area is 168 Å². The first-order valence-corrected chi connectivity index (χ1v) is 10.5. The predicted molar refractivity (Wildman–Crippen MR) is 111 cm³/mol. The highest BCUT2D eigenvalue weighted by Gasteiger charge is 2.35. The van der Waals surface area contributed by atoms with Gasteiger partial charge in [0, 0.05) is 38.6 Å². The standard InChI is InChI=1S/C21H33N5O2/c1-4-16(5-2)20(27)23-17-8-9-19(22-15-17)26-10-6-7-18(26)21(28)25-13-11-24(3)12-14-25/h8-9,15-16,18H,4-7,10-14H2,1-3H3,(H,23,27). The zero-order chi connectivity index (χ0) is 20.1. The van der Waals surface area contributed by atoms with E-state index < -0.39 is 0 Å². The quantitative estimate of drug-likeness (QED) is 0.810. The van der Waals surface area contributed by atoms with Gasteiger partial charge in [0.25, 0.3) is 0 Å². The van der Waals surface area contributed by atoms with Gasteiger partial charge in [-0.15, -0.1) is 0 Å². The minimum absolute atomic E-state index is 0.0313. The smallest absolute Gasteiger partial charge is 0.245 e. The topological polar surface area (TPSA) is 68.8 Å². The molecule has 0 spiro atoms. The van der Waals surface area contributed by atoms with Crippen LogP contribution in [0.1, 0.15) is 39.5 Å². The molecule has 1 aromatic heterocycles. The van der Waals surface area contributed by atoms with Crippen LogP contribution in [-0.2, 0) is 9.59 Å². The van der Waals surface area contributed by atoms with Crippen LogP contribution in [0.15, 0.2) is 18.3 Å². The number of carbonyl (C=O) groups is 2. The average Bonchev–Trinajstić information content (AvgIpc) is 3.19. The molecule has 2 aliphatic rings. The summed E-state index contributed by atoms with van der Waals surface area (Å²) in [5, 5.41) is 2.95. The SMILES string of the molecule is CCC(CC)C(=O)Nc1ccc(N2CCCC2C(=O)N2CCN(C)CC2)nc1. The van der Waals surface area contributed by atoms with Gasteiger partial charge in [0.05, 0.1) is 11.9 Å². The van der Waals surface area contributed by atoms with Gasteiger partial charge in [-0.1, -0.05) is 13.8 Å². The van der Waals surface area contributed by atoms with Gasteiger partial charge in [-0.3, -0.25) is 9.59 Å². The van der Waals surface area contributed by atoms with Gasteiger partial charge in [0.15, 0.2) is 0 Å². The lowest BCUT2D eigenvalue weighted by Crippen LogP contribution is -2.53. The molecule has 2 aliphatic heterocycles. The molecule has 0 bridgehead atoms. The number of piperazine rings is 1. The number of aromatic nitrogens is 1. The number of carbonyl (C=O) groups excluding carboxylic acids is 2. The summed E-state index contributed by atoms with van der Waals surface area (Å²) in [6, 6.07) is 3.68. The first-order chi connectivity index (χ1) is 13.5. The first kappa shape index (κ1) is 20.6. The van der Waals surface area contributed by atoms with Gasteiger partial charge in [-0.2, -0.15) is 0 Å². The Morgan fingerprint density at radius 3 is 2.46 bits per heavy atom. The lowest BCUT2D eigenvalue weighted by Gasteiger charge is -2.36. The van der Waals surface area contributed by atoms with Crippen molar-refractivity contribution in [3.63, 3.8) is 0 Å². The van der Waals surface area contributed by atoms with E-state index in [1.165, 1.54) is 0 Å². The van der Waals surface area contributed by atoms with Crippen molar-refractivity contribution >= 4 is 23.3 Å². The van der Waals surface area contributed by atoms with Crippen LogP contribution in [0.4, 0.5) is 11.5 Å². The number of hydrogen-bond acceptors (Lipinski definition) is 5. The number of amides is 2. The van der Waals surface area contributed by atoms with Crippen molar-refractivity contribution in [3.8, 4) is 0 Å². The molecule has 1 aromatic rings. The largest absolute Gasteiger partial charge is 0.345 e. The van der Waals surface area contributed by atoms with Crippen LogP contribution >= 0.6 is 0 Å². The molecule has 2 fully saturated rings. The highest BCUT2D eigenvalue weighted by molar-refractivity contribution is 5.92. The number of nitrogens with one attached hydrogen (secondary N) is 1. The maximum absolute atomic E-state index is 13.0. The summed E-state index contributed by atoms with van der Waals surface area (Å²) in [5.41, 5.74) is 0.710. The molecule has 0 aliphatic carbocycles. The third-order valence-corrected chi connectivity index (χ3v) is 6.02. The van der Waals surface area contributed by atoms with E-state index in [9.17, 15) is 9.59 Å². The van der Waals surface area contributed by atoms with Gasteiger partial charge in [-0.25, -0.2) is 4.98 Å². The van der Waals surface area contributed by atoms with Crippen LogP contribution < -0.4 is 10.2 Å². The molecule has 1 atom stereocenters. The molecule has 2 saturated heterocycles. The van der Waals surface area contributed by atoms with Crippen LogP contribution in [0, 0.1) is 5.92 Å². The molecule has 0 saturated carbocycles. The molecule has 7 heteroatoms. The Kier molecular flexibility index (Phi) is 6.88. The van der Waals surface area contributed by atoms with Crippen molar-refractivity contribution < 1.29 is 9.59 Å². The Morgan fingerprint density at radius 1 is 1.14 bits per heavy atom. The number of hydrogen-bond donors (Lipinski definition) is 1. The summed E-state index contributed by atoms with van der Waals surface area (Å²) < 4.78 is 0. The minimum Gasteiger partial charge on any atom is -0.345 e. The highest BCUT2D eigenvalue weighted by Crippen LogP contribution is 2.26. The molecule has 0 aromatic carbocycles. The van der Waals surface area contributed by atoms with E-state index in [0.717, 1.165) is 64.2 Å². The maximum atomic E-state index is 13.0. The van der Waals surface area contributed by atoms with Crippen LogP contribution in [-0.4, -0.2) is 72.4 Å². The molecular formula is C21H33N5O2. The number of pyridine rings is 1. The zero-order valence-electron chi connectivity index (χ0n) is 17.4. The summed E-state index contributed by atoms with van der Waals surface area (Å²) in [6.45, 7) is 8.36. The van der Waals surface area contributed by atoms with Gasteiger partial charge in [0.2, 0.25) is 11.8 Å². The van der Waals surface area contributed by atoms with Gasteiger partial charge in [0.1, 0.15) is 11.9 Å². The molecule has 1 N–H and O–H groups in total. The molecule has 154 valence electrons. The van der Waals surface area contributed by atoms with E-state index in [0.29, 0.717) is 5.69 Å². The highest BCUT2D eigenvalue weighted by atomic mass is 16.2. The van der Waals surface area contributed by atoms with Gasteiger partial charge < -0.3 is 20.0 Å². The lowest BCUT2D eigenvalue weighted by atomic mass is 10.0. The molecule has 7 nitrogen and oxygen atoms in total. The number of anilines is 2. The lowest BCUT2D eigenvalue weighted by molar-refractivity contribution is -0.134. The van der Waals surface area contributed by atoms with Crippen molar-refractivity contribution in [2.24, 2.45) is 5.92 Å². The molecule has 0 radical (unpaired) electrons. The Hall–Kier alpha value is -2.15. The fourth-order valence-electron chi connectivity index (χ4n) is 4.07. The fourth-order valence-corrected chi connectivity index (χ4v) is 4.07. The van der Waals surface area contributed by atoms with E-state index >= 15 is 0 Å². The van der Waals surface area contributed by atoms with Crippen molar-refractivity contribution in [2.75, 3.05) is 50.0 Å². The molecule has 1 unspecified atom stereocenters. The summed E-state index contributed by atoms with van der Waals surface area (Å²) in [7, 11) is 2.09. The second kappa shape index (κ2) is 9.37. The fraction of sp³-hybridized carbons (Fsp3) is 0.667. The second-order valence-corrected chi connectivity index (χ2v) is 7.89. The normalized spacial score (nSPS) is 20.6. The third-order valence-electron chi connectivity index (χ3n) is 6.02. The summed E-state index contributed by atoms with van der Waals surface area (Å²) >= 11 is 0. The first-order valence-electron chi connectivity index (χ1n) is 10.5. The van der Waals surface area contributed by atoms with E-state index in [2.05, 4.69) is 27.1 Å². The number of nitrogens with zero attached hydrogens (tertiary/aromatic N) is 4. The second-order valence-electron chi connectivity index (χ2n) is 7.89. The van der Waals surface area contributed by atoms with Crippen molar-refractivity contribution in [3.05, 3.63) is 18.3 Å². The number of rotatable bonds is 6. The zero-order valence-corrected chi connectivity index (χ0v) is 17.4. The van der Waals surface area contributed by atoms with Crippen LogP contribution in [0.25, 0.3) is 0 Å². The van der Waals surface area contributed by atoms with Crippen molar-refractivity contribution in [1.82, 2.24) is 14.8 Å². The van der Waals surface area contributed by atoms with E-state index in [1.807, 2.05) is 30.9 Å². The minimum atomic E-state index is -0.124. The summed E-state index contributed by atoms with van der Waals surface area (Å²) in [4.78, 5) is 36.2. The van der Waals surface area contributed by atoms with Crippen LogP contribution in [0.2, 0.25) is 0 Å². The molecular weight excluding hydrogens is 354 g/mol. The maximum Gasteiger partial charge on any atom is 0.245 e. The van der Waals surface area contributed by atoms with Crippen LogP contribution in [0.3, 0.4) is 0 Å².